The van der Waals surface area contributed by atoms with Gasteiger partial charge in [-0.05, 0) is 37.1 Å². The van der Waals surface area contributed by atoms with Gasteiger partial charge in [0.25, 0.3) is 0 Å². The molecule has 1 unspecified atom stereocenters. The number of aromatic amines is 1. The van der Waals surface area contributed by atoms with Crippen LogP contribution in [0.5, 0.6) is 5.75 Å². The number of hydrogen-bond donors (Lipinski definition) is 2. The lowest BCUT2D eigenvalue weighted by atomic mass is 10.0. The summed E-state index contributed by atoms with van der Waals surface area (Å²) in [6.07, 6.45) is 5.25. The Kier molecular flexibility index (Phi) is 4.51. The van der Waals surface area contributed by atoms with E-state index in [4.69, 9.17) is 0 Å². The molecule has 1 saturated heterocycles. The minimum absolute atomic E-state index is 0.166. The number of rotatable bonds is 5. The van der Waals surface area contributed by atoms with Crippen LogP contribution in [0, 0.1) is 0 Å². The van der Waals surface area contributed by atoms with Gasteiger partial charge in [0.2, 0.25) is 0 Å². The van der Waals surface area contributed by atoms with Crippen molar-refractivity contribution in [3.63, 3.8) is 0 Å². The zero-order valence-corrected chi connectivity index (χ0v) is 13.9. The first-order valence-electron chi connectivity index (χ1n) is 8.39. The van der Waals surface area contributed by atoms with Gasteiger partial charge < -0.3 is 15.0 Å². The van der Waals surface area contributed by atoms with Gasteiger partial charge in [0.05, 0.1) is 11.6 Å². The number of alkyl halides is 2. The molecule has 1 fully saturated rings. The van der Waals surface area contributed by atoms with Crippen molar-refractivity contribution in [3.05, 3.63) is 36.8 Å². The molecule has 1 aliphatic heterocycles. The van der Waals surface area contributed by atoms with Crippen LogP contribution in [0.4, 0.5) is 20.3 Å². The molecule has 9 heteroatoms. The number of fused-ring (bicyclic) bond motifs is 1. The van der Waals surface area contributed by atoms with E-state index in [9.17, 15) is 8.78 Å². The van der Waals surface area contributed by atoms with Crippen molar-refractivity contribution >= 4 is 22.5 Å². The number of nitrogens with one attached hydrogen (secondary N) is 2. The highest BCUT2D eigenvalue weighted by molar-refractivity contribution is 5.85. The Bertz CT molecular complexity index is 869. The first-order valence-corrected chi connectivity index (χ1v) is 8.39. The molecule has 26 heavy (non-hydrogen) atoms. The second-order valence-electron chi connectivity index (χ2n) is 6.16. The van der Waals surface area contributed by atoms with Gasteiger partial charge in [-0.15, -0.1) is 0 Å². The predicted octanol–water partition coefficient (Wildman–Crippen LogP) is 3.04. The van der Waals surface area contributed by atoms with Crippen LogP contribution in [0.1, 0.15) is 12.8 Å². The van der Waals surface area contributed by atoms with E-state index in [1.54, 1.807) is 30.5 Å². The van der Waals surface area contributed by atoms with Crippen LogP contribution in [0.25, 0.3) is 11.0 Å². The molecular formula is C17H18F2N6O. The fourth-order valence-electron chi connectivity index (χ4n) is 3.24. The number of benzene rings is 1. The molecular weight excluding hydrogens is 342 g/mol. The van der Waals surface area contributed by atoms with Crippen molar-refractivity contribution in [1.82, 2.24) is 20.2 Å². The molecule has 3 heterocycles. The van der Waals surface area contributed by atoms with Crippen molar-refractivity contribution in [1.29, 1.82) is 0 Å². The van der Waals surface area contributed by atoms with E-state index >= 15 is 0 Å². The van der Waals surface area contributed by atoms with E-state index in [-0.39, 0.29) is 11.8 Å². The lowest BCUT2D eigenvalue weighted by Gasteiger charge is -2.35. The molecule has 0 spiro atoms. The molecule has 0 bridgehead atoms. The third kappa shape index (κ3) is 3.51. The van der Waals surface area contributed by atoms with Crippen LogP contribution in [0.15, 0.2) is 36.8 Å². The summed E-state index contributed by atoms with van der Waals surface area (Å²) in [4.78, 5) is 10.7. The highest BCUT2D eigenvalue weighted by Gasteiger charge is 2.21. The van der Waals surface area contributed by atoms with E-state index in [0.29, 0.717) is 5.65 Å². The fraction of sp³-hybridized carbons (Fsp3) is 0.353. The first-order chi connectivity index (χ1) is 12.7. The van der Waals surface area contributed by atoms with Crippen molar-refractivity contribution in [2.75, 3.05) is 23.3 Å². The van der Waals surface area contributed by atoms with Gasteiger partial charge in [0, 0.05) is 24.8 Å². The number of anilines is 2. The number of hydrogen-bond acceptors (Lipinski definition) is 6. The molecule has 3 aromatic rings. The standard InChI is InChI=1S/C17H18F2N6O/c18-17(19)26-13-5-3-12(4-6-13)25-7-1-2-11(9-25)23-15-14-8-22-24-16(14)21-10-20-15/h3-6,8,10-11,17H,1-2,7,9H2,(H2,20,21,22,23,24). The predicted molar refractivity (Wildman–Crippen MR) is 93.6 cm³/mol. The Morgan fingerprint density at radius 2 is 2.08 bits per heavy atom. The molecule has 136 valence electrons. The maximum atomic E-state index is 12.3. The molecule has 2 N–H and O–H groups in total. The van der Waals surface area contributed by atoms with Crippen LogP contribution in [0.2, 0.25) is 0 Å². The Morgan fingerprint density at radius 1 is 1.23 bits per heavy atom. The average Bonchev–Trinajstić information content (AvgIpc) is 3.12. The first kappa shape index (κ1) is 16.5. The third-order valence-corrected chi connectivity index (χ3v) is 4.44. The number of nitrogens with zero attached hydrogens (tertiary/aromatic N) is 4. The highest BCUT2D eigenvalue weighted by Crippen LogP contribution is 2.26. The van der Waals surface area contributed by atoms with Gasteiger partial charge in [-0.25, -0.2) is 9.97 Å². The monoisotopic (exact) mass is 360 g/mol. The van der Waals surface area contributed by atoms with Gasteiger partial charge in [-0.2, -0.15) is 13.9 Å². The number of ether oxygens (including phenoxy) is 1. The summed E-state index contributed by atoms with van der Waals surface area (Å²) in [6, 6.07) is 6.96. The van der Waals surface area contributed by atoms with E-state index in [1.807, 2.05) is 0 Å². The Balaban J connectivity index is 1.45. The fourth-order valence-corrected chi connectivity index (χ4v) is 3.24. The molecule has 2 aromatic heterocycles. The van der Waals surface area contributed by atoms with Gasteiger partial charge in [0.1, 0.15) is 17.9 Å². The molecule has 0 radical (unpaired) electrons. The summed E-state index contributed by atoms with van der Waals surface area (Å²) < 4.78 is 28.9. The molecule has 7 nitrogen and oxygen atoms in total. The molecule has 1 atom stereocenters. The van der Waals surface area contributed by atoms with Crippen molar-refractivity contribution in [2.45, 2.75) is 25.5 Å². The average molecular weight is 360 g/mol. The smallest absolute Gasteiger partial charge is 0.387 e. The lowest BCUT2D eigenvalue weighted by molar-refractivity contribution is -0.0498. The van der Waals surface area contributed by atoms with Crippen LogP contribution >= 0.6 is 0 Å². The zero-order chi connectivity index (χ0) is 17.9. The topological polar surface area (TPSA) is 79.0 Å². The number of H-pyrrole nitrogens is 1. The van der Waals surface area contributed by atoms with E-state index in [0.717, 1.165) is 42.8 Å². The SMILES string of the molecule is FC(F)Oc1ccc(N2CCCC(Nc3ncnc4[nH]ncc34)C2)cc1. The van der Waals surface area contributed by atoms with Gasteiger partial charge in [-0.3, -0.25) is 5.10 Å². The van der Waals surface area contributed by atoms with E-state index in [1.165, 1.54) is 6.33 Å². The van der Waals surface area contributed by atoms with Crippen LogP contribution in [0.3, 0.4) is 0 Å². The normalized spacial score (nSPS) is 17.7. The number of piperidine rings is 1. The molecule has 4 rings (SSSR count). The summed E-state index contributed by atoms with van der Waals surface area (Å²) in [5.41, 5.74) is 1.68. The number of aromatic nitrogens is 4. The Labute approximate surface area is 148 Å². The largest absolute Gasteiger partial charge is 0.435 e. The summed E-state index contributed by atoms with van der Waals surface area (Å²) in [7, 11) is 0. The lowest BCUT2D eigenvalue weighted by Crippen LogP contribution is -2.42. The van der Waals surface area contributed by atoms with Crippen LogP contribution < -0.4 is 15.0 Å². The molecule has 1 aliphatic rings. The van der Waals surface area contributed by atoms with Gasteiger partial charge in [0.15, 0.2) is 5.65 Å². The second-order valence-corrected chi connectivity index (χ2v) is 6.16. The van der Waals surface area contributed by atoms with Crippen molar-refractivity contribution < 1.29 is 13.5 Å². The third-order valence-electron chi connectivity index (χ3n) is 4.44. The maximum absolute atomic E-state index is 12.3. The molecule has 0 aliphatic carbocycles. The van der Waals surface area contributed by atoms with Crippen LogP contribution in [-0.2, 0) is 0 Å². The van der Waals surface area contributed by atoms with Crippen LogP contribution in [-0.4, -0.2) is 45.9 Å². The van der Waals surface area contributed by atoms with Gasteiger partial charge in [-0.1, -0.05) is 0 Å². The quantitative estimate of drug-likeness (QED) is 0.728. The molecule has 1 aromatic carbocycles. The maximum Gasteiger partial charge on any atom is 0.387 e. The number of halogens is 2. The minimum Gasteiger partial charge on any atom is -0.435 e. The summed E-state index contributed by atoms with van der Waals surface area (Å²) >= 11 is 0. The van der Waals surface area contributed by atoms with Crippen molar-refractivity contribution in [2.24, 2.45) is 0 Å². The van der Waals surface area contributed by atoms with Gasteiger partial charge >= 0.3 is 6.61 Å². The Morgan fingerprint density at radius 3 is 2.88 bits per heavy atom. The molecule has 0 saturated carbocycles. The minimum atomic E-state index is -2.81. The zero-order valence-electron chi connectivity index (χ0n) is 13.9. The summed E-state index contributed by atoms with van der Waals surface area (Å²) in [6.45, 7) is -1.10. The summed E-state index contributed by atoms with van der Waals surface area (Å²) in [5.74, 6) is 0.926. The highest BCUT2D eigenvalue weighted by atomic mass is 19.3. The van der Waals surface area contributed by atoms with E-state index < -0.39 is 6.61 Å². The molecule has 0 amide bonds. The van der Waals surface area contributed by atoms with Crippen molar-refractivity contribution in [3.8, 4) is 5.75 Å². The second kappa shape index (κ2) is 7.11. The Hall–Kier alpha value is -2.97. The summed E-state index contributed by atoms with van der Waals surface area (Å²) in [5, 5.41) is 11.2. The van der Waals surface area contributed by atoms with E-state index in [2.05, 4.69) is 35.1 Å².